The number of rotatable bonds is 10. The molecule has 2 amide bonds. The van der Waals surface area contributed by atoms with Crippen LogP contribution in [0.25, 0.3) is 11.1 Å². The standard InChI is InChI=1S/C34H36N2O3S/c1-3-39-22-7-20-35(34(38)29-16-14-27(15-17-29)26-8-5-4-6-9-26)24-32(37)36-21-18-31-30(19-23-40-31)33(36)28-12-10-25(2)11-13-28/h4-6,8-17,19,23,33H,3,7,18,20-22,24H2,1-2H3/t33-/m0/s1. The van der Waals surface area contributed by atoms with E-state index in [0.717, 1.165) is 23.1 Å². The number of benzene rings is 3. The summed E-state index contributed by atoms with van der Waals surface area (Å²) in [5, 5.41) is 2.11. The molecule has 0 spiro atoms. The Labute approximate surface area is 241 Å². The highest BCUT2D eigenvalue weighted by molar-refractivity contribution is 7.10. The maximum Gasteiger partial charge on any atom is 0.254 e. The predicted molar refractivity (Wildman–Crippen MR) is 162 cm³/mol. The lowest BCUT2D eigenvalue weighted by Gasteiger charge is -2.37. The molecule has 40 heavy (non-hydrogen) atoms. The van der Waals surface area contributed by atoms with Crippen LogP contribution < -0.4 is 0 Å². The second-order valence-electron chi connectivity index (χ2n) is 10.2. The summed E-state index contributed by atoms with van der Waals surface area (Å²) in [5.41, 5.74) is 6.22. The molecule has 0 fully saturated rings. The SMILES string of the molecule is CCOCCCN(CC(=O)N1CCc2sccc2[C@@H]1c1ccc(C)cc1)C(=O)c1ccc(-c2ccccc2)cc1. The highest BCUT2D eigenvalue weighted by Crippen LogP contribution is 2.38. The molecule has 6 heteroatoms. The van der Waals surface area contributed by atoms with E-state index in [4.69, 9.17) is 4.74 Å². The van der Waals surface area contributed by atoms with Crippen molar-refractivity contribution in [2.24, 2.45) is 0 Å². The van der Waals surface area contributed by atoms with E-state index >= 15 is 0 Å². The van der Waals surface area contributed by atoms with Gasteiger partial charge >= 0.3 is 0 Å². The Kier molecular flexibility index (Phi) is 9.09. The number of amides is 2. The number of fused-ring (bicyclic) bond motifs is 1. The number of nitrogens with zero attached hydrogens (tertiary/aromatic N) is 2. The Balaban J connectivity index is 1.37. The van der Waals surface area contributed by atoms with Gasteiger partial charge in [-0.05, 0) is 72.5 Å². The molecule has 2 heterocycles. The minimum Gasteiger partial charge on any atom is -0.382 e. The van der Waals surface area contributed by atoms with Crippen LogP contribution in [0.3, 0.4) is 0 Å². The summed E-state index contributed by atoms with van der Waals surface area (Å²) in [6, 6.07) is 28.2. The monoisotopic (exact) mass is 552 g/mol. The van der Waals surface area contributed by atoms with Crippen molar-refractivity contribution in [3.8, 4) is 11.1 Å². The van der Waals surface area contributed by atoms with Crippen molar-refractivity contribution in [3.05, 3.63) is 117 Å². The van der Waals surface area contributed by atoms with Gasteiger partial charge in [0.2, 0.25) is 5.91 Å². The summed E-state index contributed by atoms with van der Waals surface area (Å²) in [5.74, 6) is -0.169. The molecule has 0 saturated carbocycles. The van der Waals surface area contributed by atoms with Gasteiger partial charge in [0.05, 0.1) is 6.04 Å². The average molecular weight is 553 g/mol. The largest absolute Gasteiger partial charge is 0.382 e. The van der Waals surface area contributed by atoms with Gasteiger partial charge in [0.1, 0.15) is 6.54 Å². The summed E-state index contributed by atoms with van der Waals surface area (Å²) in [7, 11) is 0. The quantitative estimate of drug-likeness (QED) is 0.204. The summed E-state index contributed by atoms with van der Waals surface area (Å²) in [6.07, 6.45) is 1.51. The first-order valence-corrected chi connectivity index (χ1v) is 14.9. The lowest BCUT2D eigenvalue weighted by atomic mass is 9.92. The van der Waals surface area contributed by atoms with Gasteiger partial charge < -0.3 is 14.5 Å². The summed E-state index contributed by atoms with van der Waals surface area (Å²) < 4.78 is 5.54. The van der Waals surface area contributed by atoms with E-state index in [1.165, 1.54) is 16.0 Å². The number of aryl methyl sites for hydroxylation is 1. The lowest BCUT2D eigenvalue weighted by Crippen LogP contribution is -2.47. The highest BCUT2D eigenvalue weighted by atomic mass is 32.1. The maximum absolute atomic E-state index is 14.0. The molecule has 4 aromatic rings. The molecular formula is C34H36N2O3S. The number of carbonyl (C=O) groups excluding carboxylic acids is 2. The van der Waals surface area contributed by atoms with Crippen LogP contribution in [0.4, 0.5) is 0 Å². The van der Waals surface area contributed by atoms with Crippen LogP contribution in [0.5, 0.6) is 0 Å². The van der Waals surface area contributed by atoms with Gasteiger partial charge in [0.25, 0.3) is 5.91 Å². The van der Waals surface area contributed by atoms with Crippen LogP contribution in [-0.4, -0.2) is 54.5 Å². The van der Waals surface area contributed by atoms with Crippen molar-refractivity contribution in [2.45, 2.75) is 32.7 Å². The van der Waals surface area contributed by atoms with Crippen LogP contribution in [0.2, 0.25) is 0 Å². The Morgan fingerprint density at radius 1 is 0.950 bits per heavy atom. The second-order valence-corrected chi connectivity index (χ2v) is 11.2. The third-order valence-electron chi connectivity index (χ3n) is 7.45. The summed E-state index contributed by atoms with van der Waals surface area (Å²) in [4.78, 5) is 32.7. The molecule has 1 aliphatic heterocycles. The van der Waals surface area contributed by atoms with E-state index in [2.05, 4.69) is 54.8 Å². The zero-order chi connectivity index (χ0) is 27.9. The molecule has 1 aromatic heterocycles. The molecular weight excluding hydrogens is 516 g/mol. The van der Waals surface area contributed by atoms with Gasteiger partial charge in [-0.2, -0.15) is 0 Å². The first-order valence-electron chi connectivity index (χ1n) is 14.0. The topological polar surface area (TPSA) is 49.9 Å². The van der Waals surface area contributed by atoms with Crippen molar-refractivity contribution in [3.63, 3.8) is 0 Å². The third kappa shape index (κ3) is 6.35. The number of carbonyl (C=O) groups is 2. The Morgan fingerprint density at radius 3 is 2.40 bits per heavy atom. The molecule has 0 aliphatic carbocycles. The van der Waals surface area contributed by atoms with Crippen LogP contribution >= 0.6 is 11.3 Å². The van der Waals surface area contributed by atoms with E-state index in [1.54, 1.807) is 16.2 Å². The molecule has 1 aliphatic rings. The maximum atomic E-state index is 14.0. The van der Waals surface area contributed by atoms with E-state index in [1.807, 2.05) is 54.3 Å². The van der Waals surface area contributed by atoms with Gasteiger partial charge in [-0.25, -0.2) is 0 Å². The van der Waals surface area contributed by atoms with Crippen molar-refractivity contribution < 1.29 is 14.3 Å². The summed E-state index contributed by atoms with van der Waals surface area (Å²) in [6.45, 7) is 6.34. The smallest absolute Gasteiger partial charge is 0.254 e. The van der Waals surface area contributed by atoms with Crippen LogP contribution in [0, 0.1) is 6.92 Å². The molecule has 0 bridgehead atoms. The average Bonchev–Trinajstić information content (AvgIpc) is 3.48. The highest BCUT2D eigenvalue weighted by Gasteiger charge is 2.34. The molecule has 0 radical (unpaired) electrons. The molecule has 5 nitrogen and oxygen atoms in total. The van der Waals surface area contributed by atoms with E-state index in [9.17, 15) is 9.59 Å². The molecule has 3 aromatic carbocycles. The fourth-order valence-electron chi connectivity index (χ4n) is 5.32. The predicted octanol–water partition coefficient (Wildman–Crippen LogP) is 6.77. The van der Waals surface area contributed by atoms with E-state index in [-0.39, 0.29) is 24.4 Å². The van der Waals surface area contributed by atoms with E-state index in [0.29, 0.717) is 38.3 Å². The molecule has 1 atom stereocenters. The number of hydrogen-bond donors (Lipinski definition) is 0. The zero-order valence-electron chi connectivity index (χ0n) is 23.2. The fraction of sp³-hybridized carbons (Fsp3) is 0.294. The van der Waals surface area contributed by atoms with Gasteiger partial charge in [0, 0.05) is 36.7 Å². The van der Waals surface area contributed by atoms with Crippen molar-refractivity contribution in [1.82, 2.24) is 9.80 Å². The minimum absolute atomic E-state index is 0.0342. The molecule has 0 N–H and O–H groups in total. The number of thiophene rings is 1. The minimum atomic E-state index is -0.145. The first kappa shape index (κ1) is 27.8. The van der Waals surface area contributed by atoms with E-state index < -0.39 is 0 Å². The third-order valence-corrected chi connectivity index (χ3v) is 8.45. The zero-order valence-corrected chi connectivity index (χ0v) is 24.0. The Hall–Kier alpha value is -3.74. The van der Waals surface area contributed by atoms with Crippen molar-refractivity contribution >= 4 is 23.2 Å². The van der Waals surface area contributed by atoms with Crippen LogP contribution in [0.15, 0.2) is 90.3 Å². The Morgan fingerprint density at radius 2 is 1.68 bits per heavy atom. The van der Waals surface area contributed by atoms with Gasteiger partial charge in [-0.1, -0.05) is 72.3 Å². The van der Waals surface area contributed by atoms with Crippen molar-refractivity contribution in [1.29, 1.82) is 0 Å². The van der Waals surface area contributed by atoms with Gasteiger partial charge in [-0.15, -0.1) is 11.3 Å². The second kappa shape index (κ2) is 13.1. The van der Waals surface area contributed by atoms with Gasteiger partial charge in [0.15, 0.2) is 0 Å². The van der Waals surface area contributed by atoms with Crippen molar-refractivity contribution in [2.75, 3.05) is 32.8 Å². The molecule has 5 rings (SSSR count). The van der Waals surface area contributed by atoms with Crippen LogP contribution in [-0.2, 0) is 16.0 Å². The normalized spacial score (nSPS) is 14.6. The molecule has 0 saturated heterocycles. The van der Waals surface area contributed by atoms with Crippen LogP contribution in [0.1, 0.15) is 51.3 Å². The van der Waals surface area contributed by atoms with Gasteiger partial charge in [-0.3, -0.25) is 9.59 Å². The molecule has 206 valence electrons. The Bertz CT molecular complexity index is 1410. The summed E-state index contributed by atoms with van der Waals surface area (Å²) >= 11 is 1.76. The number of hydrogen-bond acceptors (Lipinski definition) is 4. The first-order chi connectivity index (χ1) is 19.5. The molecule has 0 unspecified atom stereocenters. The fourth-order valence-corrected chi connectivity index (χ4v) is 6.22. The number of ether oxygens (including phenoxy) is 1. The lowest BCUT2D eigenvalue weighted by molar-refractivity contribution is -0.134.